The first-order chi connectivity index (χ1) is 17.7. The minimum atomic E-state index is 0.337. The molecule has 9 heteroatoms. The summed E-state index contributed by atoms with van der Waals surface area (Å²) in [6.45, 7) is 4.35. The molecule has 0 unspecified atom stereocenters. The van der Waals surface area contributed by atoms with Crippen LogP contribution in [0.5, 0.6) is 0 Å². The van der Waals surface area contributed by atoms with Gasteiger partial charge in [0.1, 0.15) is 0 Å². The fraction of sp³-hybridized carbons (Fsp3) is 0.815. The molecular weight excluding hydrogens is 452 g/mol. The number of fused-ring (bicyclic) bond motifs is 1. The van der Waals surface area contributed by atoms with Crippen LogP contribution in [0.4, 0.5) is 11.8 Å². The first kappa shape index (κ1) is 25.7. The van der Waals surface area contributed by atoms with Gasteiger partial charge < -0.3 is 30.6 Å². The molecule has 4 N–H and O–H groups in total. The van der Waals surface area contributed by atoms with E-state index in [0.717, 1.165) is 87.6 Å². The van der Waals surface area contributed by atoms with Crippen LogP contribution in [0.1, 0.15) is 89.5 Å². The van der Waals surface area contributed by atoms with Crippen LogP contribution in [0.2, 0.25) is 0 Å². The number of nitrogens with zero attached hydrogens (tertiary/aromatic N) is 5. The molecule has 0 spiro atoms. The van der Waals surface area contributed by atoms with Crippen LogP contribution in [-0.4, -0.2) is 75.9 Å². The van der Waals surface area contributed by atoms with Crippen molar-refractivity contribution < 1.29 is 4.74 Å². The molecule has 3 fully saturated rings. The number of ether oxygens (including phenoxy) is 1. The molecule has 1 aliphatic heterocycles. The zero-order valence-corrected chi connectivity index (χ0v) is 22.1. The maximum Gasteiger partial charge on any atom is 0.227 e. The summed E-state index contributed by atoms with van der Waals surface area (Å²) in [5, 5.41) is 7.43. The van der Waals surface area contributed by atoms with Crippen LogP contribution in [0, 0.1) is 0 Å². The largest absolute Gasteiger partial charge is 0.385 e. The molecule has 9 nitrogen and oxygen atoms in total. The highest BCUT2D eigenvalue weighted by Crippen LogP contribution is 2.34. The van der Waals surface area contributed by atoms with E-state index in [9.17, 15) is 0 Å². The molecule has 3 heterocycles. The molecule has 2 aromatic heterocycles. The number of piperidine rings is 1. The standard InChI is InChI=1S/C27H46N8O/c1-36-18-6-2-5-15-34-16-13-22(14-17-34)30-25-24-26(35(19-29-24)23-7-3-4-8-23)33-27(32-25)31-21-11-9-20(28)10-12-21/h19-23H,2-18,28H2,1H3,(H2,30,31,32,33). The SMILES string of the molecule is COCCCCCN1CCC(Nc2nc(NC3CCC(N)CC3)nc3c2ncn3C2CCCC2)CC1. The van der Waals surface area contributed by atoms with Gasteiger partial charge in [0, 0.05) is 51.0 Å². The number of hydrogen-bond acceptors (Lipinski definition) is 8. The van der Waals surface area contributed by atoms with Crippen molar-refractivity contribution in [3.05, 3.63) is 6.33 Å². The summed E-state index contributed by atoms with van der Waals surface area (Å²) in [7, 11) is 1.78. The van der Waals surface area contributed by atoms with Gasteiger partial charge in [0.05, 0.1) is 6.33 Å². The molecule has 2 aromatic rings. The Balaban J connectivity index is 1.26. The zero-order valence-electron chi connectivity index (χ0n) is 22.1. The molecule has 0 atom stereocenters. The third kappa shape index (κ3) is 6.47. The second-order valence-electron chi connectivity index (χ2n) is 11.2. The third-order valence-corrected chi connectivity index (χ3v) is 8.50. The van der Waals surface area contributed by atoms with Gasteiger partial charge in [-0.1, -0.05) is 12.8 Å². The molecule has 0 radical (unpaired) electrons. The van der Waals surface area contributed by atoms with E-state index in [0.29, 0.717) is 24.2 Å². The van der Waals surface area contributed by atoms with Gasteiger partial charge in [0.2, 0.25) is 5.95 Å². The summed E-state index contributed by atoms with van der Waals surface area (Å²) in [4.78, 5) is 17.4. The van der Waals surface area contributed by atoms with Crippen molar-refractivity contribution in [1.82, 2.24) is 24.4 Å². The predicted octanol–water partition coefficient (Wildman–Crippen LogP) is 4.32. The Bertz CT molecular complexity index is 943. The highest BCUT2D eigenvalue weighted by Gasteiger charge is 2.26. The number of imidazole rings is 1. The summed E-state index contributed by atoms with van der Waals surface area (Å²) < 4.78 is 7.48. The Morgan fingerprint density at radius 3 is 2.42 bits per heavy atom. The van der Waals surface area contributed by atoms with E-state index in [-0.39, 0.29) is 0 Å². The van der Waals surface area contributed by atoms with E-state index in [2.05, 4.69) is 20.1 Å². The van der Waals surface area contributed by atoms with Crippen molar-refractivity contribution in [2.24, 2.45) is 5.73 Å². The second-order valence-corrected chi connectivity index (χ2v) is 11.2. The van der Waals surface area contributed by atoms with Gasteiger partial charge in [-0.05, 0) is 77.2 Å². The Kier molecular flexibility index (Phi) is 8.93. The lowest BCUT2D eigenvalue weighted by Gasteiger charge is -2.32. The van der Waals surface area contributed by atoms with Gasteiger partial charge in [-0.15, -0.1) is 0 Å². The van der Waals surface area contributed by atoms with Gasteiger partial charge >= 0.3 is 0 Å². The topological polar surface area (TPSA) is 106 Å². The summed E-state index contributed by atoms with van der Waals surface area (Å²) in [6.07, 6.45) is 17.2. The molecule has 5 rings (SSSR count). The lowest BCUT2D eigenvalue weighted by atomic mass is 9.92. The van der Waals surface area contributed by atoms with Crippen LogP contribution in [0.25, 0.3) is 11.2 Å². The number of aromatic nitrogens is 4. The van der Waals surface area contributed by atoms with Crippen molar-refractivity contribution in [1.29, 1.82) is 0 Å². The first-order valence-electron chi connectivity index (χ1n) is 14.4. The van der Waals surface area contributed by atoms with Gasteiger partial charge in [0.15, 0.2) is 17.0 Å². The molecule has 0 amide bonds. The van der Waals surface area contributed by atoms with E-state index in [1.807, 2.05) is 6.33 Å². The Labute approximate surface area is 216 Å². The molecule has 2 aliphatic carbocycles. The molecule has 200 valence electrons. The predicted molar refractivity (Wildman–Crippen MR) is 145 cm³/mol. The van der Waals surface area contributed by atoms with Gasteiger partial charge in [-0.3, -0.25) is 0 Å². The van der Waals surface area contributed by atoms with Gasteiger partial charge in [-0.25, -0.2) is 4.98 Å². The van der Waals surface area contributed by atoms with E-state index in [1.165, 1.54) is 45.1 Å². The maximum absolute atomic E-state index is 6.14. The minimum Gasteiger partial charge on any atom is -0.385 e. The maximum atomic E-state index is 6.14. The number of rotatable bonds is 11. The Morgan fingerprint density at radius 2 is 1.67 bits per heavy atom. The summed E-state index contributed by atoms with van der Waals surface area (Å²) >= 11 is 0. The number of nitrogens with two attached hydrogens (primary N) is 1. The van der Waals surface area contributed by atoms with E-state index >= 15 is 0 Å². The third-order valence-electron chi connectivity index (χ3n) is 8.50. The van der Waals surface area contributed by atoms with Crippen molar-refractivity contribution in [3.63, 3.8) is 0 Å². The van der Waals surface area contributed by atoms with Crippen molar-refractivity contribution in [3.8, 4) is 0 Å². The van der Waals surface area contributed by atoms with E-state index < -0.39 is 0 Å². The highest BCUT2D eigenvalue weighted by molar-refractivity contribution is 5.84. The summed E-state index contributed by atoms with van der Waals surface area (Å²) in [5.41, 5.74) is 8.03. The molecule has 0 aromatic carbocycles. The molecule has 1 saturated heterocycles. The van der Waals surface area contributed by atoms with Gasteiger partial charge in [0.25, 0.3) is 0 Å². The van der Waals surface area contributed by atoms with Gasteiger partial charge in [-0.2, -0.15) is 9.97 Å². The lowest BCUT2D eigenvalue weighted by molar-refractivity contribution is 0.184. The number of methoxy groups -OCH3 is 1. The molecule has 36 heavy (non-hydrogen) atoms. The molecular formula is C27H46N8O. The second kappa shape index (κ2) is 12.5. The van der Waals surface area contributed by atoms with Crippen LogP contribution < -0.4 is 16.4 Å². The van der Waals surface area contributed by atoms with Crippen LogP contribution in [0.15, 0.2) is 6.33 Å². The molecule has 3 aliphatic rings. The fourth-order valence-electron chi connectivity index (χ4n) is 6.23. The summed E-state index contributed by atoms with van der Waals surface area (Å²) in [6, 6.07) is 1.66. The number of nitrogens with one attached hydrogen (secondary N) is 2. The average Bonchev–Trinajstić information content (AvgIpc) is 3.57. The zero-order chi connectivity index (χ0) is 24.7. The number of anilines is 2. The normalized spacial score (nSPS) is 24.5. The van der Waals surface area contributed by atoms with Crippen LogP contribution in [-0.2, 0) is 4.74 Å². The molecule has 2 saturated carbocycles. The number of likely N-dealkylation sites (tertiary alicyclic amines) is 1. The monoisotopic (exact) mass is 498 g/mol. The number of unbranched alkanes of at least 4 members (excludes halogenated alkanes) is 2. The lowest BCUT2D eigenvalue weighted by Crippen LogP contribution is -2.39. The highest BCUT2D eigenvalue weighted by atomic mass is 16.5. The van der Waals surface area contributed by atoms with Crippen molar-refractivity contribution >= 4 is 22.9 Å². The molecule has 0 bridgehead atoms. The number of hydrogen-bond donors (Lipinski definition) is 3. The quantitative estimate of drug-likeness (QED) is 0.394. The van der Waals surface area contributed by atoms with Crippen LogP contribution in [0.3, 0.4) is 0 Å². The Morgan fingerprint density at radius 1 is 0.917 bits per heavy atom. The van der Waals surface area contributed by atoms with E-state index in [1.54, 1.807) is 7.11 Å². The fourth-order valence-corrected chi connectivity index (χ4v) is 6.23. The average molecular weight is 499 g/mol. The van der Waals surface area contributed by atoms with Crippen LogP contribution >= 0.6 is 0 Å². The smallest absolute Gasteiger partial charge is 0.227 e. The minimum absolute atomic E-state index is 0.337. The van der Waals surface area contributed by atoms with Crippen molar-refractivity contribution in [2.45, 2.75) is 108 Å². The Hall–Kier alpha value is -1.97. The first-order valence-corrected chi connectivity index (χ1v) is 14.4. The van der Waals surface area contributed by atoms with Crippen molar-refractivity contribution in [2.75, 3.05) is 44.0 Å². The summed E-state index contributed by atoms with van der Waals surface area (Å²) in [5.74, 6) is 1.63. The van der Waals surface area contributed by atoms with E-state index in [4.69, 9.17) is 25.4 Å².